The van der Waals surface area contributed by atoms with Gasteiger partial charge in [-0.25, -0.2) is 0 Å². The molecule has 0 saturated heterocycles. The topological polar surface area (TPSA) is 12.9 Å². The molecule has 0 spiro atoms. The third-order valence-electron chi connectivity index (χ3n) is 4.58. The average molecular weight is 307 g/mol. The fraction of sp³-hybridized carbons (Fsp3) is 0.150. The summed E-state index contributed by atoms with van der Waals surface area (Å²) in [4.78, 5) is 4.39. The van der Waals surface area contributed by atoms with E-state index < -0.39 is 5.92 Å². The highest BCUT2D eigenvalue weighted by Crippen LogP contribution is 2.51. The summed E-state index contributed by atoms with van der Waals surface area (Å²) in [6.45, 7) is 3.98. The summed E-state index contributed by atoms with van der Waals surface area (Å²) >= 11 is 0. The summed E-state index contributed by atoms with van der Waals surface area (Å²) in [6, 6.07) is 13.9. The molecule has 0 saturated carbocycles. The number of hydrogen-bond donors (Lipinski definition) is 0. The lowest BCUT2D eigenvalue weighted by Gasteiger charge is -2.13. The van der Waals surface area contributed by atoms with Crippen molar-refractivity contribution in [2.45, 2.75) is 19.8 Å². The number of alkyl halides is 2. The fourth-order valence-electron chi connectivity index (χ4n) is 3.12. The van der Waals surface area contributed by atoms with Crippen LogP contribution in [0.3, 0.4) is 0 Å². The lowest BCUT2D eigenvalue weighted by molar-refractivity contribution is 0.0480. The van der Waals surface area contributed by atoms with Gasteiger partial charge in [0.05, 0.1) is 5.69 Å². The van der Waals surface area contributed by atoms with E-state index in [1.165, 1.54) is 6.07 Å². The average Bonchev–Trinajstić information content (AvgIpc) is 2.78. The smallest absolute Gasteiger partial charge is 0.256 e. The van der Waals surface area contributed by atoms with Crippen LogP contribution in [-0.4, -0.2) is 4.98 Å². The van der Waals surface area contributed by atoms with Crippen molar-refractivity contribution in [1.29, 1.82) is 0 Å². The van der Waals surface area contributed by atoms with Gasteiger partial charge < -0.3 is 0 Å². The molecule has 2 aromatic carbocycles. The first-order valence-electron chi connectivity index (χ1n) is 7.54. The lowest BCUT2D eigenvalue weighted by Crippen LogP contribution is -2.10. The van der Waals surface area contributed by atoms with Gasteiger partial charge in [0.2, 0.25) is 0 Å². The molecule has 3 heteroatoms. The van der Waals surface area contributed by atoms with Crippen LogP contribution >= 0.6 is 0 Å². The number of benzene rings is 2. The van der Waals surface area contributed by atoms with Crippen molar-refractivity contribution in [3.05, 3.63) is 77.0 Å². The second-order valence-corrected chi connectivity index (χ2v) is 6.03. The number of hydrogen-bond acceptors (Lipinski definition) is 1. The quantitative estimate of drug-likeness (QED) is 0.579. The van der Waals surface area contributed by atoms with Gasteiger partial charge in [-0.3, -0.25) is 4.98 Å². The highest BCUT2D eigenvalue weighted by atomic mass is 19.3. The van der Waals surface area contributed by atoms with Gasteiger partial charge in [-0.15, -0.1) is 0 Å². The lowest BCUT2D eigenvalue weighted by atomic mass is 10.00. The minimum Gasteiger partial charge on any atom is -0.256 e. The van der Waals surface area contributed by atoms with E-state index in [1.807, 2.05) is 26.0 Å². The first kappa shape index (κ1) is 14.1. The van der Waals surface area contributed by atoms with E-state index in [9.17, 15) is 8.78 Å². The number of aryl methyl sites for hydroxylation is 2. The van der Waals surface area contributed by atoms with Crippen molar-refractivity contribution in [2.75, 3.05) is 0 Å². The fourth-order valence-corrected chi connectivity index (χ4v) is 3.12. The minimum atomic E-state index is -2.96. The number of pyridine rings is 1. The van der Waals surface area contributed by atoms with Crippen molar-refractivity contribution < 1.29 is 8.78 Å². The molecule has 1 heterocycles. The van der Waals surface area contributed by atoms with Gasteiger partial charge in [-0.2, -0.15) is 8.78 Å². The summed E-state index contributed by atoms with van der Waals surface area (Å²) in [5.41, 5.74) is 5.02. The SMILES string of the molecule is Cc1cnc(-c2ccc3c(c2)C(F)(F)c2ccccc2-3)cc1C. The Hall–Kier alpha value is -2.55. The number of halogens is 2. The van der Waals surface area contributed by atoms with Crippen molar-refractivity contribution in [3.8, 4) is 22.4 Å². The maximum Gasteiger partial charge on any atom is 0.299 e. The van der Waals surface area contributed by atoms with Crippen LogP contribution in [0.4, 0.5) is 8.78 Å². The maximum atomic E-state index is 14.7. The van der Waals surface area contributed by atoms with E-state index in [-0.39, 0.29) is 11.1 Å². The van der Waals surface area contributed by atoms with E-state index in [0.717, 1.165) is 22.4 Å². The van der Waals surface area contributed by atoms with E-state index in [1.54, 1.807) is 36.5 Å². The Bertz CT molecular complexity index is 929. The Morgan fingerprint density at radius 2 is 1.57 bits per heavy atom. The van der Waals surface area contributed by atoms with Crippen molar-refractivity contribution in [1.82, 2.24) is 4.98 Å². The molecule has 1 aliphatic rings. The number of rotatable bonds is 1. The highest BCUT2D eigenvalue weighted by molar-refractivity contribution is 5.82. The van der Waals surface area contributed by atoms with Gasteiger partial charge in [0, 0.05) is 22.9 Å². The van der Waals surface area contributed by atoms with Crippen LogP contribution in [0, 0.1) is 13.8 Å². The van der Waals surface area contributed by atoms with Crippen LogP contribution in [0.5, 0.6) is 0 Å². The third kappa shape index (κ3) is 2.00. The first-order chi connectivity index (χ1) is 11.0. The van der Waals surface area contributed by atoms with Gasteiger partial charge in [0.1, 0.15) is 0 Å². The third-order valence-corrected chi connectivity index (χ3v) is 4.58. The van der Waals surface area contributed by atoms with Crippen LogP contribution in [0.25, 0.3) is 22.4 Å². The van der Waals surface area contributed by atoms with E-state index >= 15 is 0 Å². The van der Waals surface area contributed by atoms with Gasteiger partial charge in [0.25, 0.3) is 5.92 Å². The van der Waals surface area contributed by atoms with Gasteiger partial charge in [-0.1, -0.05) is 36.4 Å². The second kappa shape index (κ2) is 4.72. The molecule has 0 fully saturated rings. The van der Waals surface area contributed by atoms with Crippen molar-refractivity contribution >= 4 is 0 Å². The molecule has 0 bridgehead atoms. The maximum absolute atomic E-state index is 14.7. The predicted octanol–water partition coefficient (Wildman–Crippen LogP) is 5.49. The van der Waals surface area contributed by atoms with Crippen LogP contribution < -0.4 is 0 Å². The zero-order valence-electron chi connectivity index (χ0n) is 12.9. The molecular formula is C20H15F2N. The van der Waals surface area contributed by atoms with E-state index in [2.05, 4.69) is 4.98 Å². The Kier molecular flexibility index (Phi) is 2.89. The van der Waals surface area contributed by atoms with Crippen LogP contribution in [-0.2, 0) is 5.92 Å². The van der Waals surface area contributed by atoms with E-state index in [4.69, 9.17) is 0 Å². The molecule has 114 valence electrons. The van der Waals surface area contributed by atoms with Crippen LogP contribution in [0.15, 0.2) is 54.7 Å². The predicted molar refractivity (Wildman–Crippen MR) is 87.6 cm³/mol. The molecule has 4 rings (SSSR count). The Labute approximate surface area is 133 Å². The summed E-state index contributed by atoms with van der Waals surface area (Å²) in [5.74, 6) is -2.96. The molecule has 0 unspecified atom stereocenters. The molecule has 0 atom stereocenters. The molecule has 1 aromatic heterocycles. The zero-order chi connectivity index (χ0) is 16.2. The largest absolute Gasteiger partial charge is 0.299 e. The van der Waals surface area contributed by atoms with Crippen molar-refractivity contribution in [3.63, 3.8) is 0 Å². The molecule has 1 nitrogen and oxygen atoms in total. The summed E-state index contributed by atoms with van der Waals surface area (Å²) in [6.07, 6.45) is 1.78. The van der Waals surface area contributed by atoms with Gasteiger partial charge in [0.15, 0.2) is 0 Å². The summed E-state index contributed by atoms with van der Waals surface area (Å²) in [5, 5.41) is 0. The molecule has 0 N–H and O–H groups in total. The zero-order valence-corrected chi connectivity index (χ0v) is 12.9. The summed E-state index contributed by atoms with van der Waals surface area (Å²) < 4.78 is 29.5. The van der Waals surface area contributed by atoms with Gasteiger partial charge in [-0.05, 0) is 48.2 Å². The molecule has 1 aliphatic carbocycles. The summed E-state index contributed by atoms with van der Waals surface area (Å²) in [7, 11) is 0. The first-order valence-corrected chi connectivity index (χ1v) is 7.54. The number of fused-ring (bicyclic) bond motifs is 3. The number of nitrogens with zero attached hydrogens (tertiary/aromatic N) is 1. The molecular weight excluding hydrogens is 292 g/mol. The molecule has 0 radical (unpaired) electrons. The van der Waals surface area contributed by atoms with Crippen molar-refractivity contribution in [2.24, 2.45) is 0 Å². The Balaban J connectivity index is 1.90. The molecule has 0 aliphatic heterocycles. The standard InChI is InChI=1S/C20H15F2N/c1-12-9-19(23-11-13(12)2)14-7-8-16-15-5-3-4-6-17(15)20(21,22)18(16)10-14/h3-11H,1-2H3. The van der Waals surface area contributed by atoms with Crippen LogP contribution in [0.2, 0.25) is 0 Å². The molecule has 23 heavy (non-hydrogen) atoms. The monoisotopic (exact) mass is 307 g/mol. The normalized spacial score (nSPS) is 14.4. The van der Waals surface area contributed by atoms with Gasteiger partial charge >= 0.3 is 0 Å². The molecule has 3 aromatic rings. The second-order valence-electron chi connectivity index (χ2n) is 6.03. The highest BCUT2D eigenvalue weighted by Gasteiger charge is 2.44. The van der Waals surface area contributed by atoms with Crippen LogP contribution in [0.1, 0.15) is 22.3 Å². The molecule has 0 amide bonds. The number of aromatic nitrogens is 1. The Morgan fingerprint density at radius 1 is 0.826 bits per heavy atom. The minimum absolute atomic E-state index is 0.0660. The van der Waals surface area contributed by atoms with E-state index in [0.29, 0.717) is 11.1 Å². The Morgan fingerprint density at radius 3 is 2.35 bits per heavy atom.